The molecule has 1 aromatic rings. The lowest BCUT2D eigenvalue weighted by Gasteiger charge is -2.60. The van der Waals surface area contributed by atoms with Crippen LogP contribution in [0.2, 0.25) is 0 Å². The summed E-state index contributed by atoms with van der Waals surface area (Å²) in [5, 5.41) is 3.62. The Bertz CT molecular complexity index is 482. The van der Waals surface area contributed by atoms with Crippen molar-refractivity contribution in [1.29, 1.82) is 0 Å². The highest BCUT2D eigenvalue weighted by Crippen LogP contribution is 2.60. The van der Waals surface area contributed by atoms with Crippen LogP contribution in [0, 0.1) is 17.8 Å². The molecule has 4 saturated carbocycles. The van der Waals surface area contributed by atoms with Crippen LogP contribution in [0.25, 0.3) is 0 Å². The van der Waals surface area contributed by atoms with Crippen molar-refractivity contribution in [3.8, 4) is 0 Å². The zero-order valence-corrected chi connectivity index (χ0v) is 13.1. The van der Waals surface area contributed by atoms with Crippen molar-refractivity contribution >= 4 is 15.9 Å². The molecule has 0 aliphatic heterocycles. The third kappa shape index (κ3) is 1.83. The topological polar surface area (TPSA) is 12.0 Å². The molecule has 19 heavy (non-hydrogen) atoms. The maximum absolute atomic E-state index is 3.65. The molecule has 1 nitrogen and oxygen atoms in total. The Morgan fingerprint density at radius 2 is 1.89 bits per heavy atom. The average molecular weight is 320 g/mol. The summed E-state index contributed by atoms with van der Waals surface area (Å²) >= 11 is 3.65. The second kappa shape index (κ2) is 4.33. The number of rotatable bonds is 2. The Labute approximate surface area is 124 Å². The SMILES string of the molecule is CNC1C2CC3CC1CC(c1cccc(Br)c1)(C3)C2. The molecule has 0 aromatic heterocycles. The minimum absolute atomic E-state index is 0.494. The van der Waals surface area contributed by atoms with Gasteiger partial charge in [-0.05, 0) is 80.0 Å². The molecule has 0 heterocycles. The summed E-state index contributed by atoms with van der Waals surface area (Å²) in [7, 11) is 2.17. The molecule has 2 heteroatoms. The third-order valence-corrected chi connectivity index (χ3v) is 6.54. The van der Waals surface area contributed by atoms with E-state index >= 15 is 0 Å². The van der Waals surface area contributed by atoms with E-state index < -0.39 is 0 Å². The predicted molar refractivity (Wildman–Crippen MR) is 82.2 cm³/mol. The highest BCUT2D eigenvalue weighted by atomic mass is 79.9. The van der Waals surface area contributed by atoms with E-state index in [4.69, 9.17) is 0 Å². The van der Waals surface area contributed by atoms with Crippen LogP contribution >= 0.6 is 15.9 Å². The smallest absolute Gasteiger partial charge is 0.0178 e. The van der Waals surface area contributed by atoms with Gasteiger partial charge >= 0.3 is 0 Å². The summed E-state index contributed by atoms with van der Waals surface area (Å²) < 4.78 is 1.24. The summed E-state index contributed by atoms with van der Waals surface area (Å²) in [4.78, 5) is 0. The monoisotopic (exact) mass is 319 g/mol. The molecular weight excluding hydrogens is 298 g/mol. The number of nitrogens with one attached hydrogen (secondary N) is 1. The lowest BCUT2D eigenvalue weighted by molar-refractivity contribution is -0.0326. The highest BCUT2D eigenvalue weighted by Gasteiger charge is 2.55. The fraction of sp³-hybridized carbons (Fsp3) is 0.647. The summed E-state index contributed by atoms with van der Waals surface area (Å²) in [6, 6.07) is 9.90. The molecule has 2 unspecified atom stereocenters. The number of hydrogen-bond acceptors (Lipinski definition) is 1. The summed E-state index contributed by atoms with van der Waals surface area (Å²) in [6.07, 6.45) is 7.19. The molecule has 1 aromatic carbocycles. The number of benzene rings is 1. The maximum Gasteiger partial charge on any atom is 0.0178 e. The largest absolute Gasteiger partial charge is 0.316 e. The molecule has 4 aliphatic carbocycles. The van der Waals surface area contributed by atoms with Crippen molar-refractivity contribution in [3.05, 3.63) is 34.3 Å². The van der Waals surface area contributed by atoms with Crippen LogP contribution in [0.4, 0.5) is 0 Å². The first-order chi connectivity index (χ1) is 9.20. The van der Waals surface area contributed by atoms with Crippen LogP contribution in [0.3, 0.4) is 0 Å². The van der Waals surface area contributed by atoms with Crippen LogP contribution in [-0.4, -0.2) is 13.1 Å². The normalized spacial score (nSPS) is 43.7. The number of hydrogen-bond donors (Lipinski definition) is 1. The highest BCUT2D eigenvalue weighted by molar-refractivity contribution is 9.10. The van der Waals surface area contributed by atoms with Crippen molar-refractivity contribution in [2.45, 2.75) is 43.6 Å². The van der Waals surface area contributed by atoms with E-state index in [1.807, 2.05) is 0 Å². The van der Waals surface area contributed by atoms with Gasteiger partial charge in [0.1, 0.15) is 0 Å². The summed E-state index contributed by atoms with van der Waals surface area (Å²) in [6.45, 7) is 0. The van der Waals surface area contributed by atoms with Gasteiger partial charge in [-0.15, -0.1) is 0 Å². The maximum atomic E-state index is 3.65. The van der Waals surface area contributed by atoms with Gasteiger partial charge in [-0.25, -0.2) is 0 Å². The third-order valence-electron chi connectivity index (χ3n) is 6.04. The molecule has 2 atom stereocenters. The fourth-order valence-electron chi connectivity index (χ4n) is 5.67. The van der Waals surface area contributed by atoms with Crippen LogP contribution < -0.4 is 5.32 Å². The molecule has 1 N–H and O–H groups in total. The van der Waals surface area contributed by atoms with Crippen molar-refractivity contribution in [2.75, 3.05) is 7.05 Å². The Morgan fingerprint density at radius 3 is 2.53 bits per heavy atom. The molecule has 4 aliphatic rings. The van der Waals surface area contributed by atoms with E-state index in [2.05, 4.69) is 52.6 Å². The van der Waals surface area contributed by atoms with Crippen molar-refractivity contribution < 1.29 is 0 Å². The molecule has 4 bridgehead atoms. The molecule has 102 valence electrons. The first-order valence-corrected chi connectivity index (χ1v) is 8.43. The van der Waals surface area contributed by atoms with Crippen molar-refractivity contribution in [2.24, 2.45) is 17.8 Å². The van der Waals surface area contributed by atoms with Gasteiger partial charge in [0.05, 0.1) is 0 Å². The van der Waals surface area contributed by atoms with Gasteiger partial charge in [0.25, 0.3) is 0 Å². The lowest BCUT2D eigenvalue weighted by Crippen LogP contribution is -2.59. The van der Waals surface area contributed by atoms with E-state index in [0.29, 0.717) is 5.41 Å². The van der Waals surface area contributed by atoms with Gasteiger partial charge in [0.15, 0.2) is 0 Å². The zero-order chi connectivity index (χ0) is 13.0. The van der Waals surface area contributed by atoms with Gasteiger partial charge in [-0.3, -0.25) is 0 Å². The summed E-state index contributed by atoms with van der Waals surface area (Å²) in [5.74, 6) is 2.81. The van der Waals surface area contributed by atoms with Gasteiger partial charge in [0, 0.05) is 10.5 Å². The first kappa shape index (κ1) is 12.4. The second-order valence-corrected chi connectivity index (χ2v) is 7.99. The minimum atomic E-state index is 0.494. The predicted octanol–water partition coefficient (Wildman–Crippen LogP) is 4.11. The zero-order valence-electron chi connectivity index (χ0n) is 11.5. The quantitative estimate of drug-likeness (QED) is 0.864. The van der Waals surface area contributed by atoms with Crippen LogP contribution in [-0.2, 0) is 5.41 Å². The minimum Gasteiger partial charge on any atom is -0.316 e. The Hall–Kier alpha value is -0.340. The van der Waals surface area contributed by atoms with Gasteiger partial charge in [-0.2, -0.15) is 0 Å². The lowest BCUT2D eigenvalue weighted by atomic mass is 9.46. The van der Waals surface area contributed by atoms with E-state index in [-0.39, 0.29) is 0 Å². The Morgan fingerprint density at radius 1 is 1.16 bits per heavy atom. The first-order valence-electron chi connectivity index (χ1n) is 7.63. The van der Waals surface area contributed by atoms with Gasteiger partial charge in [0.2, 0.25) is 0 Å². The van der Waals surface area contributed by atoms with Crippen LogP contribution in [0.1, 0.15) is 37.7 Å². The Kier molecular flexibility index (Phi) is 2.82. The number of halogens is 1. The average Bonchev–Trinajstić information content (AvgIpc) is 2.38. The molecule has 0 saturated heterocycles. The fourth-order valence-corrected chi connectivity index (χ4v) is 6.07. The van der Waals surface area contributed by atoms with E-state index in [0.717, 1.165) is 23.8 Å². The summed E-state index contributed by atoms with van der Waals surface area (Å²) in [5.41, 5.74) is 2.09. The van der Waals surface area contributed by atoms with E-state index in [9.17, 15) is 0 Å². The van der Waals surface area contributed by atoms with Crippen molar-refractivity contribution in [1.82, 2.24) is 5.32 Å². The molecule has 4 fully saturated rings. The van der Waals surface area contributed by atoms with E-state index in [1.165, 1.54) is 36.6 Å². The van der Waals surface area contributed by atoms with E-state index in [1.54, 1.807) is 5.56 Å². The Balaban J connectivity index is 1.73. The van der Waals surface area contributed by atoms with Crippen molar-refractivity contribution in [3.63, 3.8) is 0 Å². The molecule has 0 radical (unpaired) electrons. The van der Waals surface area contributed by atoms with Crippen LogP contribution in [0.15, 0.2) is 28.7 Å². The molecule has 0 amide bonds. The molecule has 0 spiro atoms. The second-order valence-electron chi connectivity index (χ2n) is 7.08. The van der Waals surface area contributed by atoms with Crippen LogP contribution in [0.5, 0.6) is 0 Å². The van der Waals surface area contributed by atoms with Gasteiger partial charge in [-0.1, -0.05) is 28.1 Å². The van der Waals surface area contributed by atoms with Gasteiger partial charge < -0.3 is 5.32 Å². The standard InChI is InChI=1S/C17H22BrN/c1-19-16-12-5-11-6-13(16)10-17(8-11,9-12)14-3-2-4-15(18)7-14/h2-4,7,11-13,16,19H,5-6,8-10H2,1H3. The molecule has 5 rings (SSSR count). The molecular formula is C17H22BrN.